The van der Waals surface area contributed by atoms with E-state index in [1.807, 2.05) is 18.2 Å². The van der Waals surface area contributed by atoms with Crippen molar-refractivity contribution in [3.05, 3.63) is 70.0 Å². The average molecular weight is 275 g/mol. The summed E-state index contributed by atoms with van der Waals surface area (Å²) in [6, 6.07) is 13.7. The highest BCUT2D eigenvalue weighted by Gasteiger charge is 2.02. The van der Waals surface area contributed by atoms with E-state index in [-0.39, 0.29) is 5.82 Å². The van der Waals surface area contributed by atoms with Crippen LogP contribution in [0.3, 0.4) is 0 Å². The molecule has 2 aromatic rings. The molecule has 0 aromatic heterocycles. The van der Waals surface area contributed by atoms with Gasteiger partial charge in [-0.15, -0.1) is 0 Å². The molecular weight excluding hydrogens is 263 g/mol. The number of hydrogen-bond acceptors (Lipinski definition) is 2. The van der Waals surface area contributed by atoms with Gasteiger partial charge in [0.15, 0.2) is 0 Å². The Labute approximate surface area is 116 Å². The molecule has 0 heterocycles. The minimum atomic E-state index is -0.298. The Morgan fingerprint density at radius 2 is 2.00 bits per heavy atom. The van der Waals surface area contributed by atoms with Gasteiger partial charge in [-0.3, -0.25) is 0 Å². The van der Waals surface area contributed by atoms with E-state index < -0.39 is 0 Å². The summed E-state index contributed by atoms with van der Waals surface area (Å²) in [6.45, 7) is 1.08. The van der Waals surface area contributed by atoms with E-state index in [4.69, 9.17) is 16.9 Å². The number of rotatable bonds is 4. The summed E-state index contributed by atoms with van der Waals surface area (Å²) in [4.78, 5) is 0. The molecule has 0 saturated heterocycles. The molecule has 0 spiro atoms. The van der Waals surface area contributed by atoms with Crippen LogP contribution in [0.4, 0.5) is 4.39 Å². The molecule has 0 aliphatic heterocycles. The zero-order valence-electron chi connectivity index (χ0n) is 10.2. The summed E-state index contributed by atoms with van der Waals surface area (Å²) in [6.07, 6.45) is 0. The van der Waals surface area contributed by atoms with Crippen molar-refractivity contribution in [3.8, 4) is 6.07 Å². The molecule has 0 aliphatic rings. The molecule has 0 fully saturated rings. The second-order valence-corrected chi connectivity index (χ2v) is 4.56. The molecule has 2 rings (SSSR count). The third-order valence-electron chi connectivity index (χ3n) is 2.71. The standard InChI is InChI=1S/C15H12ClFN2/c16-15-5-4-14(17)7-13(15)10-19-9-12-3-1-2-11(6-12)8-18/h1-7,19H,9-10H2. The van der Waals surface area contributed by atoms with Crippen molar-refractivity contribution in [2.75, 3.05) is 0 Å². The van der Waals surface area contributed by atoms with Crippen LogP contribution in [0.2, 0.25) is 5.02 Å². The lowest BCUT2D eigenvalue weighted by atomic mass is 10.1. The maximum absolute atomic E-state index is 13.1. The fraction of sp³-hybridized carbons (Fsp3) is 0.133. The molecule has 4 heteroatoms. The molecule has 19 heavy (non-hydrogen) atoms. The Balaban J connectivity index is 1.96. The van der Waals surface area contributed by atoms with Gasteiger partial charge in [0.2, 0.25) is 0 Å². The molecule has 0 bridgehead atoms. The van der Waals surface area contributed by atoms with Crippen molar-refractivity contribution in [1.29, 1.82) is 5.26 Å². The smallest absolute Gasteiger partial charge is 0.123 e. The Bertz CT molecular complexity index is 620. The van der Waals surface area contributed by atoms with E-state index in [0.29, 0.717) is 23.7 Å². The number of halogens is 2. The maximum atomic E-state index is 13.1. The molecular formula is C15H12ClFN2. The van der Waals surface area contributed by atoms with Crippen LogP contribution in [0.1, 0.15) is 16.7 Å². The summed E-state index contributed by atoms with van der Waals surface area (Å²) in [5.41, 5.74) is 2.35. The molecule has 0 unspecified atom stereocenters. The Kier molecular flexibility index (Phi) is 4.51. The fourth-order valence-corrected chi connectivity index (χ4v) is 1.96. The molecule has 2 nitrogen and oxygen atoms in total. The van der Waals surface area contributed by atoms with Crippen LogP contribution in [0.5, 0.6) is 0 Å². The van der Waals surface area contributed by atoms with Crippen molar-refractivity contribution in [2.45, 2.75) is 13.1 Å². The van der Waals surface area contributed by atoms with Crippen LogP contribution in [-0.4, -0.2) is 0 Å². The fourth-order valence-electron chi connectivity index (χ4n) is 1.77. The zero-order valence-corrected chi connectivity index (χ0v) is 10.9. The minimum Gasteiger partial charge on any atom is -0.309 e. The monoisotopic (exact) mass is 274 g/mol. The summed E-state index contributed by atoms with van der Waals surface area (Å²) >= 11 is 5.98. The van der Waals surface area contributed by atoms with Gasteiger partial charge >= 0.3 is 0 Å². The zero-order chi connectivity index (χ0) is 13.7. The molecule has 0 atom stereocenters. The summed E-state index contributed by atoms with van der Waals surface area (Å²) in [7, 11) is 0. The number of hydrogen-bond donors (Lipinski definition) is 1. The van der Waals surface area contributed by atoms with Crippen LogP contribution >= 0.6 is 11.6 Å². The van der Waals surface area contributed by atoms with Gasteiger partial charge < -0.3 is 5.32 Å². The van der Waals surface area contributed by atoms with Gasteiger partial charge in [0.25, 0.3) is 0 Å². The van der Waals surface area contributed by atoms with E-state index in [1.165, 1.54) is 12.1 Å². The molecule has 0 saturated carbocycles. The normalized spacial score (nSPS) is 10.2. The second kappa shape index (κ2) is 6.33. The SMILES string of the molecule is N#Cc1cccc(CNCc2cc(F)ccc2Cl)c1. The molecule has 2 aromatic carbocycles. The average Bonchev–Trinajstić information content (AvgIpc) is 2.43. The molecule has 0 amide bonds. The predicted molar refractivity (Wildman–Crippen MR) is 73.1 cm³/mol. The molecule has 1 N–H and O–H groups in total. The van der Waals surface area contributed by atoms with E-state index >= 15 is 0 Å². The van der Waals surface area contributed by atoms with Gasteiger partial charge in [-0.25, -0.2) is 4.39 Å². The maximum Gasteiger partial charge on any atom is 0.123 e. The van der Waals surface area contributed by atoms with Crippen molar-refractivity contribution >= 4 is 11.6 Å². The van der Waals surface area contributed by atoms with E-state index in [1.54, 1.807) is 12.1 Å². The highest BCUT2D eigenvalue weighted by Crippen LogP contribution is 2.16. The van der Waals surface area contributed by atoms with E-state index in [9.17, 15) is 4.39 Å². The van der Waals surface area contributed by atoms with Crippen molar-refractivity contribution in [3.63, 3.8) is 0 Å². The van der Waals surface area contributed by atoms with Crippen LogP contribution in [-0.2, 0) is 13.1 Å². The third-order valence-corrected chi connectivity index (χ3v) is 3.08. The van der Waals surface area contributed by atoms with E-state index in [2.05, 4.69) is 11.4 Å². The Morgan fingerprint density at radius 1 is 1.16 bits per heavy atom. The highest BCUT2D eigenvalue weighted by atomic mass is 35.5. The largest absolute Gasteiger partial charge is 0.309 e. The lowest BCUT2D eigenvalue weighted by molar-refractivity contribution is 0.620. The van der Waals surface area contributed by atoms with Crippen LogP contribution in [0.15, 0.2) is 42.5 Å². The van der Waals surface area contributed by atoms with Crippen LogP contribution in [0, 0.1) is 17.1 Å². The third kappa shape index (κ3) is 3.78. The topological polar surface area (TPSA) is 35.8 Å². The molecule has 0 aliphatic carbocycles. The van der Waals surface area contributed by atoms with Gasteiger partial charge in [-0.2, -0.15) is 5.26 Å². The highest BCUT2D eigenvalue weighted by molar-refractivity contribution is 6.31. The van der Waals surface area contributed by atoms with Gasteiger partial charge in [-0.05, 0) is 41.5 Å². The molecule has 96 valence electrons. The first-order valence-electron chi connectivity index (χ1n) is 5.83. The number of nitriles is 1. The Hall–Kier alpha value is -1.89. The molecule has 0 radical (unpaired) electrons. The van der Waals surface area contributed by atoms with Gasteiger partial charge in [-0.1, -0.05) is 23.7 Å². The lowest BCUT2D eigenvalue weighted by Gasteiger charge is -2.07. The summed E-state index contributed by atoms with van der Waals surface area (Å²) < 4.78 is 13.1. The van der Waals surface area contributed by atoms with Gasteiger partial charge in [0.05, 0.1) is 11.6 Å². The second-order valence-electron chi connectivity index (χ2n) is 4.15. The Morgan fingerprint density at radius 3 is 2.79 bits per heavy atom. The summed E-state index contributed by atoms with van der Waals surface area (Å²) in [5, 5.41) is 12.5. The lowest BCUT2D eigenvalue weighted by Crippen LogP contribution is -2.13. The van der Waals surface area contributed by atoms with Gasteiger partial charge in [0.1, 0.15) is 5.82 Å². The number of nitrogens with zero attached hydrogens (tertiary/aromatic N) is 1. The van der Waals surface area contributed by atoms with Crippen LogP contribution in [0.25, 0.3) is 0 Å². The first-order chi connectivity index (χ1) is 9.19. The minimum absolute atomic E-state index is 0.298. The predicted octanol–water partition coefficient (Wildman–Crippen LogP) is 3.64. The van der Waals surface area contributed by atoms with Crippen LogP contribution < -0.4 is 5.32 Å². The first-order valence-corrected chi connectivity index (χ1v) is 6.20. The van der Waals surface area contributed by atoms with Crippen molar-refractivity contribution in [1.82, 2.24) is 5.32 Å². The van der Waals surface area contributed by atoms with Gasteiger partial charge in [0, 0.05) is 18.1 Å². The van der Waals surface area contributed by atoms with Crippen molar-refractivity contribution < 1.29 is 4.39 Å². The van der Waals surface area contributed by atoms with E-state index in [0.717, 1.165) is 11.1 Å². The summed E-state index contributed by atoms with van der Waals surface area (Å²) in [5.74, 6) is -0.298. The quantitative estimate of drug-likeness (QED) is 0.924. The number of nitrogens with one attached hydrogen (secondary N) is 1. The van der Waals surface area contributed by atoms with Crippen molar-refractivity contribution in [2.24, 2.45) is 0 Å². The number of benzene rings is 2. The first kappa shape index (κ1) is 13.5.